The molecule has 0 spiro atoms. The summed E-state index contributed by atoms with van der Waals surface area (Å²) in [6, 6.07) is 6.95. The smallest absolute Gasteiger partial charge is 0.0589 e. The first-order valence-corrected chi connectivity index (χ1v) is 7.96. The van der Waals surface area contributed by atoms with Crippen LogP contribution in [0.4, 0.5) is 0 Å². The van der Waals surface area contributed by atoms with Crippen molar-refractivity contribution in [1.29, 1.82) is 0 Å². The van der Waals surface area contributed by atoms with Gasteiger partial charge in [-0.2, -0.15) is 0 Å². The van der Waals surface area contributed by atoms with Crippen LogP contribution in [-0.2, 0) is 17.6 Å². The fourth-order valence-electron chi connectivity index (χ4n) is 2.87. The number of benzene rings is 1. The quantitative estimate of drug-likeness (QED) is 0.734. The van der Waals surface area contributed by atoms with Crippen LogP contribution in [0.2, 0.25) is 0 Å². The molecule has 3 atom stereocenters. The van der Waals surface area contributed by atoms with Crippen molar-refractivity contribution in [2.75, 3.05) is 6.61 Å². The molecule has 0 bridgehead atoms. The van der Waals surface area contributed by atoms with Crippen molar-refractivity contribution in [1.82, 2.24) is 0 Å². The van der Waals surface area contributed by atoms with E-state index in [4.69, 9.17) is 4.74 Å². The van der Waals surface area contributed by atoms with Gasteiger partial charge in [-0.05, 0) is 42.9 Å². The van der Waals surface area contributed by atoms with Gasteiger partial charge in [-0.15, -0.1) is 0 Å². The lowest BCUT2D eigenvalue weighted by molar-refractivity contribution is 0.105. The fraction of sp³-hybridized carbons (Fsp3) is 0.625. The van der Waals surface area contributed by atoms with Crippen LogP contribution in [0.1, 0.15) is 48.7 Å². The van der Waals surface area contributed by atoms with E-state index in [0.29, 0.717) is 16.8 Å². The topological polar surface area (TPSA) is 9.23 Å². The van der Waals surface area contributed by atoms with Crippen molar-refractivity contribution in [2.24, 2.45) is 5.92 Å². The molecule has 0 aromatic heterocycles. The van der Waals surface area contributed by atoms with Gasteiger partial charge in [0.15, 0.2) is 0 Å². The summed E-state index contributed by atoms with van der Waals surface area (Å²) in [5.41, 5.74) is 4.38. The summed E-state index contributed by atoms with van der Waals surface area (Å²) >= 11 is 3.88. The minimum Gasteiger partial charge on any atom is -0.378 e. The Kier molecular flexibility index (Phi) is 4.85. The molecule has 1 nitrogen and oxygen atoms in total. The summed E-state index contributed by atoms with van der Waals surface area (Å²) in [6.45, 7) is 7.56. The number of hydrogen-bond donors (Lipinski definition) is 0. The van der Waals surface area contributed by atoms with Gasteiger partial charge in [0.2, 0.25) is 0 Å². The summed E-state index contributed by atoms with van der Waals surface area (Å²) in [4.78, 5) is 0.422. The third kappa shape index (κ3) is 2.80. The number of aryl methyl sites for hydroxylation is 2. The van der Waals surface area contributed by atoms with Crippen LogP contribution < -0.4 is 0 Å². The van der Waals surface area contributed by atoms with Gasteiger partial charge in [-0.1, -0.05) is 48.0 Å². The van der Waals surface area contributed by atoms with Crippen LogP contribution in [0.25, 0.3) is 0 Å². The van der Waals surface area contributed by atoms with Crippen molar-refractivity contribution in [2.45, 2.75) is 51.0 Å². The molecule has 1 aliphatic rings. The molecule has 1 aliphatic heterocycles. The van der Waals surface area contributed by atoms with E-state index in [-0.39, 0.29) is 0 Å². The van der Waals surface area contributed by atoms with Gasteiger partial charge in [0, 0.05) is 17.4 Å². The normalized spacial score (nSPS) is 25.3. The standard InChI is InChI=1S/C16H23BrO/c1-4-12-6-7-14(10-13(12)5-2)16(17)15-8-9-18-11(15)3/h6-7,10-11,15-16H,4-5,8-9H2,1-3H3. The average molecular weight is 311 g/mol. The van der Waals surface area contributed by atoms with E-state index in [2.05, 4.69) is 54.9 Å². The lowest BCUT2D eigenvalue weighted by atomic mass is 9.91. The molecule has 0 aliphatic carbocycles. The van der Waals surface area contributed by atoms with Crippen LogP contribution in [0.5, 0.6) is 0 Å². The zero-order valence-corrected chi connectivity index (χ0v) is 13.2. The van der Waals surface area contributed by atoms with Crippen LogP contribution in [0, 0.1) is 5.92 Å². The molecule has 0 amide bonds. The first-order valence-electron chi connectivity index (χ1n) is 7.04. The van der Waals surface area contributed by atoms with Crippen molar-refractivity contribution in [3.05, 3.63) is 34.9 Å². The maximum absolute atomic E-state index is 5.68. The molecule has 2 heteroatoms. The predicted molar refractivity (Wildman–Crippen MR) is 80.4 cm³/mol. The Labute approximate surface area is 119 Å². The fourth-order valence-corrected chi connectivity index (χ4v) is 3.85. The summed E-state index contributed by atoms with van der Waals surface area (Å²) in [6.07, 6.45) is 3.77. The maximum atomic E-state index is 5.68. The molecule has 0 radical (unpaired) electrons. The number of alkyl halides is 1. The Morgan fingerprint density at radius 3 is 2.56 bits per heavy atom. The number of ether oxygens (including phenoxy) is 1. The van der Waals surface area contributed by atoms with Gasteiger partial charge in [-0.3, -0.25) is 0 Å². The van der Waals surface area contributed by atoms with Gasteiger partial charge in [0.05, 0.1) is 6.10 Å². The van der Waals surface area contributed by atoms with Gasteiger partial charge < -0.3 is 4.74 Å². The minimum absolute atomic E-state index is 0.366. The van der Waals surface area contributed by atoms with Crippen molar-refractivity contribution < 1.29 is 4.74 Å². The molecule has 100 valence electrons. The highest BCUT2D eigenvalue weighted by molar-refractivity contribution is 9.09. The van der Waals surface area contributed by atoms with E-state index in [1.807, 2.05) is 0 Å². The highest BCUT2D eigenvalue weighted by atomic mass is 79.9. The van der Waals surface area contributed by atoms with E-state index in [9.17, 15) is 0 Å². The predicted octanol–water partition coefficient (Wildman–Crippen LogP) is 4.67. The number of halogens is 1. The summed E-state index contributed by atoms with van der Waals surface area (Å²) in [5, 5.41) is 0. The molecular weight excluding hydrogens is 288 g/mol. The monoisotopic (exact) mass is 310 g/mol. The SMILES string of the molecule is CCc1ccc(C(Br)C2CCOC2C)cc1CC. The first-order chi connectivity index (χ1) is 8.67. The van der Waals surface area contributed by atoms with Crippen LogP contribution in [0.3, 0.4) is 0 Å². The third-order valence-corrected chi connectivity index (χ3v) is 5.33. The number of rotatable bonds is 4. The Bertz CT molecular complexity index is 402. The average Bonchev–Trinajstić information content (AvgIpc) is 2.83. The number of hydrogen-bond acceptors (Lipinski definition) is 1. The second-order valence-corrected chi connectivity index (χ2v) is 6.15. The van der Waals surface area contributed by atoms with Crippen LogP contribution in [-0.4, -0.2) is 12.7 Å². The molecule has 0 saturated carbocycles. The third-order valence-electron chi connectivity index (χ3n) is 4.12. The molecule has 1 heterocycles. The molecule has 1 saturated heterocycles. The van der Waals surface area contributed by atoms with E-state index in [1.54, 1.807) is 0 Å². The molecular formula is C16H23BrO. The molecule has 18 heavy (non-hydrogen) atoms. The summed E-state index contributed by atoms with van der Waals surface area (Å²) in [5.74, 6) is 0.599. The zero-order valence-electron chi connectivity index (χ0n) is 11.6. The highest BCUT2D eigenvalue weighted by Crippen LogP contribution is 2.39. The van der Waals surface area contributed by atoms with E-state index < -0.39 is 0 Å². The lowest BCUT2D eigenvalue weighted by Crippen LogP contribution is -2.16. The van der Waals surface area contributed by atoms with E-state index >= 15 is 0 Å². The Morgan fingerprint density at radius 1 is 1.28 bits per heavy atom. The maximum Gasteiger partial charge on any atom is 0.0589 e. The Hall–Kier alpha value is -0.340. The summed E-state index contributed by atoms with van der Waals surface area (Å²) < 4.78 is 5.68. The second kappa shape index (κ2) is 6.21. The van der Waals surface area contributed by atoms with Crippen molar-refractivity contribution in [3.8, 4) is 0 Å². The van der Waals surface area contributed by atoms with Gasteiger partial charge in [0.1, 0.15) is 0 Å². The molecule has 1 fully saturated rings. The highest BCUT2D eigenvalue weighted by Gasteiger charge is 2.31. The molecule has 2 rings (SSSR count). The van der Waals surface area contributed by atoms with Crippen LogP contribution >= 0.6 is 15.9 Å². The van der Waals surface area contributed by atoms with Crippen molar-refractivity contribution in [3.63, 3.8) is 0 Å². The van der Waals surface area contributed by atoms with E-state index in [1.165, 1.54) is 16.7 Å². The van der Waals surface area contributed by atoms with Gasteiger partial charge in [0.25, 0.3) is 0 Å². The Balaban J connectivity index is 2.22. The summed E-state index contributed by atoms with van der Waals surface area (Å²) in [7, 11) is 0. The largest absolute Gasteiger partial charge is 0.378 e. The molecule has 0 N–H and O–H groups in total. The minimum atomic E-state index is 0.366. The first kappa shape index (κ1) is 14.1. The second-order valence-electron chi connectivity index (χ2n) is 5.17. The lowest BCUT2D eigenvalue weighted by Gasteiger charge is -2.22. The molecule has 1 aromatic carbocycles. The van der Waals surface area contributed by atoms with Gasteiger partial charge >= 0.3 is 0 Å². The van der Waals surface area contributed by atoms with Gasteiger partial charge in [-0.25, -0.2) is 0 Å². The van der Waals surface area contributed by atoms with E-state index in [0.717, 1.165) is 25.9 Å². The molecule has 3 unspecified atom stereocenters. The van der Waals surface area contributed by atoms with Crippen molar-refractivity contribution >= 4 is 15.9 Å². The molecule has 1 aromatic rings. The van der Waals surface area contributed by atoms with Crippen LogP contribution in [0.15, 0.2) is 18.2 Å². The zero-order chi connectivity index (χ0) is 13.1. The Morgan fingerprint density at radius 2 is 2.00 bits per heavy atom.